The molecule has 0 aromatic carbocycles. The summed E-state index contributed by atoms with van der Waals surface area (Å²) >= 11 is 0. The molecule has 0 rings (SSSR count). The van der Waals surface area contributed by atoms with Crippen molar-refractivity contribution in [3.8, 4) is 0 Å². The van der Waals surface area contributed by atoms with Gasteiger partial charge in [-0.15, -0.1) is 0 Å². The summed E-state index contributed by atoms with van der Waals surface area (Å²) in [6.07, 6.45) is 3.40. The Balaban J connectivity index is 0. The van der Waals surface area contributed by atoms with Gasteiger partial charge in [0.15, 0.2) is 0 Å². The molecule has 0 amide bonds. The van der Waals surface area contributed by atoms with Gasteiger partial charge in [0, 0.05) is 6.61 Å². The number of aliphatic hydroxyl groups excluding tert-OH is 2. The number of rotatable bonds is 9. The van der Waals surface area contributed by atoms with E-state index in [9.17, 15) is 0 Å². The average molecular weight is 264 g/mol. The van der Waals surface area contributed by atoms with Crippen LogP contribution in [0.5, 0.6) is 0 Å². The van der Waals surface area contributed by atoms with E-state index in [0.717, 1.165) is 13.0 Å². The Morgan fingerprint density at radius 2 is 1.61 bits per heavy atom. The van der Waals surface area contributed by atoms with Gasteiger partial charge in [0.05, 0.1) is 31.5 Å². The molecule has 3 atom stereocenters. The molecule has 0 fully saturated rings. The Bertz CT molecular complexity index is 151. The van der Waals surface area contributed by atoms with Crippen LogP contribution in [0.2, 0.25) is 0 Å². The first-order valence-electron chi connectivity index (χ1n) is 6.99. The first kappa shape index (κ1) is 20.2. The molecular weight excluding hydrogens is 232 g/mol. The molecule has 0 heterocycles. The van der Waals surface area contributed by atoms with E-state index >= 15 is 0 Å². The first-order chi connectivity index (χ1) is 8.47. The van der Waals surface area contributed by atoms with Crippen LogP contribution in [0.4, 0.5) is 0 Å². The van der Waals surface area contributed by atoms with Gasteiger partial charge in [-0.3, -0.25) is 0 Å². The van der Waals surface area contributed by atoms with Gasteiger partial charge < -0.3 is 19.7 Å². The zero-order valence-electron chi connectivity index (χ0n) is 12.7. The molecule has 0 saturated heterocycles. The number of unbranched alkanes of at least 4 members (excludes halogenated alkanes) is 1. The predicted octanol–water partition coefficient (Wildman–Crippen LogP) is 2.37. The van der Waals surface area contributed by atoms with Crippen LogP contribution >= 0.6 is 0 Å². The molecule has 0 aliphatic rings. The van der Waals surface area contributed by atoms with Crippen LogP contribution in [0.3, 0.4) is 0 Å². The van der Waals surface area contributed by atoms with Crippen molar-refractivity contribution in [1.29, 1.82) is 0 Å². The van der Waals surface area contributed by atoms with Crippen molar-refractivity contribution in [2.75, 3.05) is 19.8 Å². The normalized spacial score (nSPS) is 15.5. The van der Waals surface area contributed by atoms with Crippen LogP contribution in [0.1, 0.15) is 53.9 Å². The van der Waals surface area contributed by atoms with Crippen LogP contribution in [-0.2, 0) is 9.47 Å². The van der Waals surface area contributed by atoms with E-state index in [1.165, 1.54) is 12.8 Å². The van der Waals surface area contributed by atoms with Crippen molar-refractivity contribution in [1.82, 2.24) is 0 Å². The molecule has 0 saturated carbocycles. The molecule has 0 radical (unpaired) electrons. The molecule has 0 aromatic heterocycles. The maximum Gasteiger partial charge on any atom is 0.0779 e. The largest absolute Gasteiger partial charge is 0.394 e. The standard InChI is InChI=1S/C8H18O.C6H14O3/c1-4-6-7-9-8(3)5-2;1-5(8)4-9-6(2)3-7/h8H,4-7H2,1-3H3;5-8H,3-4H2,1-2H3. The Morgan fingerprint density at radius 3 is 2.00 bits per heavy atom. The average Bonchev–Trinajstić information content (AvgIpc) is 2.36. The Morgan fingerprint density at radius 1 is 1.00 bits per heavy atom. The summed E-state index contributed by atoms with van der Waals surface area (Å²) in [5.74, 6) is 0. The van der Waals surface area contributed by atoms with Gasteiger partial charge in [-0.2, -0.15) is 0 Å². The summed E-state index contributed by atoms with van der Waals surface area (Å²) < 4.78 is 10.4. The monoisotopic (exact) mass is 264 g/mol. The second-order valence-electron chi connectivity index (χ2n) is 4.62. The summed E-state index contributed by atoms with van der Waals surface area (Å²) in [4.78, 5) is 0. The molecule has 112 valence electrons. The fourth-order valence-electron chi connectivity index (χ4n) is 0.903. The summed E-state index contributed by atoms with van der Waals surface area (Å²) in [7, 11) is 0. The minimum atomic E-state index is -0.445. The third-order valence-corrected chi connectivity index (χ3v) is 2.35. The molecule has 18 heavy (non-hydrogen) atoms. The molecule has 2 N–H and O–H groups in total. The molecule has 0 bridgehead atoms. The van der Waals surface area contributed by atoms with Gasteiger partial charge in [0.1, 0.15) is 0 Å². The van der Waals surface area contributed by atoms with Gasteiger partial charge in [-0.25, -0.2) is 0 Å². The lowest BCUT2D eigenvalue weighted by Gasteiger charge is -2.10. The summed E-state index contributed by atoms with van der Waals surface area (Å²) in [5.41, 5.74) is 0. The fourth-order valence-corrected chi connectivity index (χ4v) is 0.903. The van der Waals surface area contributed by atoms with Gasteiger partial charge in [-0.1, -0.05) is 20.3 Å². The highest BCUT2D eigenvalue weighted by molar-refractivity contribution is 4.47. The summed E-state index contributed by atoms with van der Waals surface area (Å²) in [6, 6.07) is 0. The highest BCUT2D eigenvalue weighted by Crippen LogP contribution is 1.97. The van der Waals surface area contributed by atoms with E-state index in [4.69, 9.17) is 19.7 Å². The molecule has 4 heteroatoms. The van der Waals surface area contributed by atoms with Crippen molar-refractivity contribution in [3.63, 3.8) is 0 Å². The minimum Gasteiger partial charge on any atom is -0.394 e. The van der Waals surface area contributed by atoms with Gasteiger partial charge in [0.2, 0.25) is 0 Å². The summed E-state index contributed by atoms with van der Waals surface area (Å²) in [5, 5.41) is 17.1. The van der Waals surface area contributed by atoms with E-state index in [0.29, 0.717) is 12.7 Å². The van der Waals surface area contributed by atoms with Crippen LogP contribution < -0.4 is 0 Å². The first-order valence-corrected chi connectivity index (χ1v) is 6.99. The quantitative estimate of drug-likeness (QED) is 0.628. The lowest BCUT2D eigenvalue weighted by atomic mass is 10.3. The van der Waals surface area contributed by atoms with E-state index in [1.807, 2.05) is 0 Å². The molecule has 0 aromatic rings. The molecule has 4 nitrogen and oxygen atoms in total. The van der Waals surface area contributed by atoms with Crippen LogP contribution in [-0.4, -0.2) is 48.3 Å². The summed E-state index contributed by atoms with van der Waals surface area (Å²) in [6.45, 7) is 11.1. The highest BCUT2D eigenvalue weighted by Gasteiger charge is 2.00. The Kier molecular flexibility index (Phi) is 16.7. The number of hydrogen-bond donors (Lipinski definition) is 2. The molecule has 0 spiro atoms. The van der Waals surface area contributed by atoms with E-state index in [1.54, 1.807) is 13.8 Å². The van der Waals surface area contributed by atoms with Gasteiger partial charge >= 0.3 is 0 Å². The van der Waals surface area contributed by atoms with E-state index in [2.05, 4.69) is 20.8 Å². The maximum atomic E-state index is 8.69. The van der Waals surface area contributed by atoms with Crippen molar-refractivity contribution in [3.05, 3.63) is 0 Å². The molecular formula is C14H32O4. The van der Waals surface area contributed by atoms with Crippen molar-refractivity contribution < 1.29 is 19.7 Å². The SMILES string of the molecule is CC(O)COC(C)CO.CCCCOC(C)CC. The molecule has 0 aliphatic heterocycles. The second-order valence-corrected chi connectivity index (χ2v) is 4.62. The van der Waals surface area contributed by atoms with Crippen molar-refractivity contribution in [2.45, 2.75) is 72.2 Å². The molecule has 0 aliphatic carbocycles. The van der Waals surface area contributed by atoms with Gasteiger partial charge in [0.25, 0.3) is 0 Å². The smallest absolute Gasteiger partial charge is 0.0779 e. The lowest BCUT2D eigenvalue weighted by Crippen LogP contribution is -2.19. The second kappa shape index (κ2) is 14.9. The van der Waals surface area contributed by atoms with Crippen LogP contribution in [0.15, 0.2) is 0 Å². The predicted molar refractivity (Wildman–Crippen MR) is 74.8 cm³/mol. The fraction of sp³-hybridized carbons (Fsp3) is 1.00. The zero-order chi connectivity index (χ0) is 14.4. The maximum absolute atomic E-state index is 8.69. The molecule has 3 unspecified atom stereocenters. The van der Waals surface area contributed by atoms with Crippen LogP contribution in [0, 0.1) is 0 Å². The third-order valence-electron chi connectivity index (χ3n) is 2.35. The van der Waals surface area contributed by atoms with E-state index in [-0.39, 0.29) is 12.7 Å². The zero-order valence-corrected chi connectivity index (χ0v) is 12.7. The van der Waals surface area contributed by atoms with Crippen LogP contribution in [0.25, 0.3) is 0 Å². The van der Waals surface area contributed by atoms with E-state index < -0.39 is 6.10 Å². The Labute approximate surface area is 112 Å². The third kappa shape index (κ3) is 18.2. The Hall–Kier alpha value is -0.160. The minimum absolute atomic E-state index is 0.00667. The highest BCUT2D eigenvalue weighted by atomic mass is 16.5. The lowest BCUT2D eigenvalue weighted by molar-refractivity contribution is -0.0177. The topological polar surface area (TPSA) is 58.9 Å². The number of aliphatic hydroxyl groups is 2. The van der Waals surface area contributed by atoms with Gasteiger partial charge in [-0.05, 0) is 33.6 Å². The van der Waals surface area contributed by atoms with Crippen molar-refractivity contribution in [2.24, 2.45) is 0 Å². The number of ether oxygens (including phenoxy) is 2. The van der Waals surface area contributed by atoms with Crippen molar-refractivity contribution >= 4 is 0 Å². The number of hydrogen-bond acceptors (Lipinski definition) is 4.